The van der Waals surface area contributed by atoms with Gasteiger partial charge in [0.05, 0.1) is 12.9 Å². The monoisotopic (exact) mass is 295 g/mol. The minimum Gasteiger partial charge on any atom is -0.393 e. The lowest BCUT2D eigenvalue weighted by molar-refractivity contribution is -0.120. The van der Waals surface area contributed by atoms with E-state index >= 15 is 0 Å². The first-order valence-corrected chi connectivity index (χ1v) is 6.27. The van der Waals surface area contributed by atoms with Gasteiger partial charge in [-0.1, -0.05) is 0 Å². The SMILES string of the molecule is Nc1ncnc2c1ncn2[C@@H]1O[C@]2(CO)C(O)[C@]2(O)[C@H]1O. The van der Waals surface area contributed by atoms with E-state index in [-0.39, 0.29) is 5.82 Å². The molecule has 1 aliphatic carbocycles. The number of aliphatic hydroxyl groups excluding tert-OH is 3. The zero-order valence-electron chi connectivity index (χ0n) is 10.7. The van der Waals surface area contributed by atoms with Gasteiger partial charge in [-0.3, -0.25) is 4.57 Å². The topological polar surface area (TPSA) is 160 Å². The first-order chi connectivity index (χ1) is 9.97. The number of nitrogens with zero attached hydrogens (tertiary/aromatic N) is 4. The molecule has 0 radical (unpaired) electrons. The van der Waals surface area contributed by atoms with Crippen LogP contribution >= 0.6 is 0 Å². The first kappa shape index (κ1) is 12.9. The van der Waals surface area contributed by atoms with Crippen molar-refractivity contribution in [3.63, 3.8) is 0 Å². The van der Waals surface area contributed by atoms with Crippen LogP contribution in [0.2, 0.25) is 0 Å². The number of rotatable bonds is 2. The molecule has 112 valence electrons. The van der Waals surface area contributed by atoms with Crippen molar-refractivity contribution in [3.05, 3.63) is 12.7 Å². The zero-order chi connectivity index (χ0) is 15.0. The summed E-state index contributed by atoms with van der Waals surface area (Å²) in [4.78, 5) is 11.9. The van der Waals surface area contributed by atoms with Crippen LogP contribution in [0.3, 0.4) is 0 Å². The largest absolute Gasteiger partial charge is 0.393 e. The number of hydrogen-bond acceptors (Lipinski definition) is 9. The smallest absolute Gasteiger partial charge is 0.167 e. The summed E-state index contributed by atoms with van der Waals surface area (Å²) < 4.78 is 6.90. The van der Waals surface area contributed by atoms with Crippen molar-refractivity contribution in [3.8, 4) is 0 Å². The maximum Gasteiger partial charge on any atom is 0.167 e. The second-order valence-corrected chi connectivity index (χ2v) is 5.31. The number of nitrogens with two attached hydrogens (primary N) is 1. The molecule has 10 heteroatoms. The fourth-order valence-electron chi connectivity index (χ4n) is 3.08. The van der Waals surface area contributed by atoms with Crippen molar-refractivity contribution in [2.45, 2.75) is 29.6 Å². The number of nitrogen functional groups attached to an aromatic ring is 1. The molecule has 1 saturated heterocycles. The van der Waals surface area contributed by atoms with Crippen LogP contribution < -0.4 is 5.73 Å². The number of ether oxygens (including phenoxy) is 1. The summed E-state index contributed by atoms with van der Waals surface area (Å²) in [7, 11) is 0. The van der Waals surface area contributed by atoms with E-state index in [1.54, 1.807) is 0 Å². The van der Waals surface area contributed by atoms with Crippen LogP contribution in [0.1, 0.15) is 6.23 Å². The number of fused-ring (bicyclic) bond motifs is 2. The van der Waals surface area contributed by atoms with Crippen molar-refractivity contribution in [1.82, 2.24) is 19.5 Å². The highest BCUT2D eigenvalue weighted by Gasteiger charge is 2.87. The third kappa shape index (κ3) is 1.23. The molecule has 5 atom stereocenters. The minimum atomic E-state index is -1.92. The molecule has 0 aromatic carbocycles. The number of anilines is 1. The summed E-state index contributed by atoms with van der Waals surface area (Å²) in [5, 5.41) is 39.6. The zero-order valence-corrected chi connectivity index (χ0v) is 10.7. The maximum absolute atomic E-state index is 10.3. The molecular weight excluding hydrogens is 282 g/mol. The van der Waals surface area contributed by atoms with Crippen molar-refractivity contribution in [1.29, 1.82) is 0 Å². The molecule has 2 aromatic heterocycles. The van der Waals surface area contributed by atoms with Crippen LogP contribution in [0, 0.1) is 0 Å². The lowest BCUT2D eigenvalue weighted by Gasteiger charge is -2.22. The van der Waals surface area contributed by atoms with Crippen molar-refractivity contribution >= 4 is 17.0 Å². The second-order valence-electron chi connectivity index (χ2n) is 5.31. The fourth-order valence-corrected chi connectivity index (χ4v) is 3.08. The Hall–Kier alpha value is -1.85. The van der Waals surface area contributed by atoms with Gasteiger partial charge in [0.25, 0.3) is 0 Å². The molecular formula is C11H13N5O5. The fraction of sp³-hybridized carbons (Fsp3) is 0.545. The average Bonchev–Trinajstić information content (AvgIpc) is 2.82. The van der Waals surface area contributed by atoms with Crippen LogP contribution in [-0.2, 0) is 4.74 Å². The third-order valence-electron chi connectivity index (χ3n) is 4.40. The van der Waals surface area contributed by atoms with E-state index < -0.39 is 36.2 Å². The Morgan fingerprint density at radius 1 is 1.33 bits per heavy atom. The molecule has 1 unspecified atom stereocenters. The molecule has 4 rings (SSSR count). The van der Waals surface area contributed by atoms with Gasteiger partial charge < -0.3 is 30.9 Å². The van der Waals surface area contributed by atoms with Crippen molar-refractivity contribution in [2.24, 2.45) is 0 Å². The van der Waals surface area contributed by atoms with Crippen LogP contribution in [0.15, 0.2) is 12.7 Å². The average molecular weight is 295 g/mol. The number of aromatic nitrogens is 4. The van der Waals surface area contributed by atoms with Gasteiger partial charge in [-0.15, -0.1) is 0 Å². The molecule has 10 nitrogen and oxygen atoms in total. The molecule has 21 heavy (non-hydrogen) atoms. The van der Waals surface area contributed by atoms with E-state index in [9.17, 15) is 20.4 Å². The Balaban J connectivity index is 1.80. The third-order valence-corrected chi connectivity index (χ3v) is 4.40. The molecule has 0 amide bonds. The highest BCUT2D eigenvalue weighted by atomic mass is 16.6. The molecule has 0 spiro atoms. The molecule has 6 N–H and O–H groups in total. The van der Waals surface area contributed by atoms with Crippen molar-refractivity contribution in [2.75, 3.05) is 12.3 Å². The summed E-state index contributed by atoms with van der Waals surface area (Å²) in [6, 6.07) is 0. The second kappa shape index (κ2) is 3.67. The first-order valence-electron chi connectivity index (χ1n) is 6.27. The predicted octanol–water partition coefficient (Wildman–Crippen LogP) is -2.87. The van der Waals surface area contributed by atoms with Gasteiger partial charge >= 0.3 is 0 Å². The number of imidazole rings is 1. The van der Waals surface area contributed by atoms with Gasteiger partial charge in [-0.2, -0.15) is 0 Å². The van der Waals surface area contributed by atoms with Crippen LogP contribution in [0.4, 0.5) is 5.82 Å². The van der Waals surface area contributed by atoms with E-state index in [0.717, 1.165) is 0 Å². The summed E-state index contributed by atoms with van der Waals surface area (Å²) in [6.07, 6.45) is -1.27. The summed E-state index contributed by atoms with van der Waals surface area (Å²) in [6.45, 7) is -0.623. The Bertz CT molecular complexity index is 733. The van der Waals surface area contributed by atoms with Crippen LogP contribution in [0.25, 0.3) is 11.2 Å². The Kier molecular flexibility index (Phi) is 2.25. The van der Waals surface area contributed by atoms with Crippen LogP contribution in [-0.4, -0.2) is 70.0 Å². The van der Waals surface area contributed by atoms with Gasteiger partial charge in [0.1, 0.15) is 24.1 Å². The molecule has 2 fully saturated rings. The van der Waals surface area contributed by atoms with Crippen molar-refractivity contribution < 1.29 is 25.2 Å². The standard InChI is InChI=1S/C11H13N5O5/c12-6-4-7(14-2-13-6)16(3-15-4)8-5(18)11(20)9(19)10(11,1-17)21-8/h2-3,5,8-9,17-20H,1H2,(H2,12,13,14)/t5-,8+,9?,10+,11+/m0/s1. The highest BCUT2D eigenvalue weighted by Crippen LogP contribution is 2.62. The Morgan fingerprint density at radius 3 is 2.76 bits per heavy atom. The summed E-state index contributed by atoms with van der Waals surface area (Å²) in [5.74, 6) is 0.173. The Labute approximate surface area is 117 Å². The molecule has 1 saturated carbocycles. The van der Waals surface area contributed by atoms with Gasteiger partial charge in [0.2, 0.25) is 0 Å². The summed E-state index contributed by atoms with van der Waals surface area (Å²) in [5.41, 5.74) is 2.82. The van der Waals surface area contributed by atoms with E-state index in [1.165, 1.54) is 17.2 Å². The summed E-state index contributed by atoms with van der Waals surface area (Å²) >= 11 is 0. The number of aliphatic hydroxyl groups is 4. The molecule has 1 aliphatic heterocycles. The maximum atomic E-state index is 10.3. The molecule has 3 heterocycles. The van der Waals surface area contributed by atoms with Gasteiger partial charge in [0.15, 0.2) is 28.9 Å². The number of hydrogen-bond donors (Lipinski definition) is 5. The van der Waals surface area contributed by atoms with Crippen LogP contribution in [0.5, 0.6) is 0 Å². The lowest BCUT2D eigenvalue weighted by Crippen LogP contribution is -2.36. The van der Waals surface area contributed by atoms with E-state index in [0.29, 0.717) is 11.2 Å². The quantitative estimate of drug-likeness (QED) is 0.392. The minimum absolute atomic E-state index is 0.173. The van der Waals surface area contributed by atoms with Gasteiger partial charge in [-0.25, -0.2) is 15.0 Å². The van der Waals surface area contributed by atoms with E-state index in [2.05, 4.69) is 15.0 Å². The highest BCUT2D eigenvalue weighted by molar-refractivity contribution is 5.81. The van der Waals surface area contributed by atoms with Gasteiger partial charge in [0, 0.05) is 0 Å². The normalized spacial score (nSPS) is 41.4. The van der Waals surface area contributed by atoms with E-state index in [1.807, 2.05) is 0 Å². The molecule has 2 aliphatic rings. The van der Waals surface area contributed by atoms with Gasteiger partial charge in [-0.05, 0) is 0 Å². The van der Waals surface area contributed by atoms with E-state index in [4.69, 9.17) is 10.5 Å². The Morgan fingerprint density at radius 2 is 2.10 bits per heavy atom. The lowest BCUT2D eigenvalue weighted by atomic mass is 10.1. The molecule has 2 aromatic rings. The predicted molar refractivity (Wildman–Crippen MR) is 66.6 cm³/mol. The molecule has 0 bridgehead atoms.